The molecule has 1 aromatic carbocycles. The Morgan fingerprint density at radius 1 is 1.33 bits per heavy atom. The van der Waals surface area contributed by atoms with Crippen molar-refractivity contribution in [3.63, 3.8) is 0 Å². The Morgan fingerprint density at radius 2 is 1.86 bits per heavy atom. The third-order valence-corrected chi connectivity index (χ3v) is 4.22. The number of hydrogen-bond donors (Lipinski definition) is 1. The fourth-order valence-corrected chi connectivity index (χ4v) is 1.85. The van der Waals surface area contributed by atoms with Crippen molar-refractivity contribution in [3.05, 3.63) is 35.1 Å². The summed E-state index contributed by atoms with van der Waals surface area (Å²) in [6, 6.07) is 1.20. The third kappa shape index (κ3) is 5.04. The molecule has 0 bridgehead atoms. The summed E-state index contributed by atoms with van der Waals surface area (Å²) in [6.07, 6.45) is 1.53. The lowest BCUT2D eigenvalue weighted by molar-refractivity contribution is 0.207. The Bertz CT molecular complexity index is 531. The number of hydrogen-bond acceptors (Lipinski definition) is 2. The number of rotatable bonds is 5. The lowest BCUT2D eigenvalue weighted by atomic mass is 10.2. The second-order valence-electron chi connectivity index (χ2n) is 4.72. The molecule has 0 heterocycles. The Balaban J connectivity index is 2.62. The summed E-state index contributed by atoms with van der Waals surface area (Å²) in [5.74, 6) is -4.13. The number of benzene rings is 1. The fourth-order valence-electron chi connectivity index (χ4n) is 1.53. The summed E-state index contributed by atoms with van der Waals surface area (Å²) in [4.78, 5) is 13.0. The summed E-state index contributed by atoms with van der Waals surface area (Å²) >= 11 is 0. The maximum absolute atomic E-state index is 13.1. The van der Waals surface area contributed by atoms with Gasteiger partial charge in [0.15, 0.2) is 17.5 Å². The quantitative estimate of drug-likeness (QED) is 0.843. The molecule has 0 saturated heterocycles. The van der Waals surface area contributed by atoms with E-state index in [1.54, 1.807) is 6.92 Å². The number of halogens is 3. The van der Waals surface area contributed by atoms with Crippen molar-refractivity contribution < 1.29 is 22.2 Å². The highest BCUT2D eigenvalue weighted by Gasteiger charge is 2.15. The van der Waals surface area contributed by atoms with Crippen molar-refractivity contribution in [2.24, 2.45) is 0 Å². The standard InChI is InChI=1S/C13H17F3N2O2S/c1-8(21(3)20)6-17-13(19)18(2)7-9-4-10(14)12(16)11(15)5-9/h4-5,8H,6-7H2,1-3H3,(H,17,19). The van der Waals surface area contributed by atoms with E-state index in [1.807, 2.05) is 0 Å². The van der Waals surface area contributed by atoms with Crippen molar-refractivity contribution in [2.45, 2.75) is 18.7 Å². The van der Waals surface area contributed by atoms with Gasteiger partial charge in [-0.2, -0.15) is 0 Å². The Kier molecular flexibility index (Phi) is 6.19. The summed E-state index contributed by atoms with van der Waals surface area (Å²) in [5.41, 5.74) is 0.135. The van der Waals surface area contributed by atoms with Crippen LogP contribution in [-0.4, -0.2) is 40.2 Å². The van der Waals surface area contributed by atoms with Crippen molar-refractivity contribution in [3.8, 4) is 0 Å². The normalized spacial score (nSPS) is 13.6. The van der Waals surface area contributed by atoms with Crippen molar-refractivity contribution in [1.82, 2.24) is 10.2 Å². The second-order valence-corrected chi connectivity index (χ2v) is 6.53. The van der Waals surface area contributed by atoms with Gasteiger partial charge >= 0.3 is 6.03 Å². The molecule has 2 atom stereocenters. The number of carbonyl (C=O) groups excluding carboxylic acids is 1. The minimum absolute atomic E-state index is 0.0798. The van der Waals surface area contributed by atoms with Gasteiger partial charge in [0.05, 0.1) is 0 Å². The molecule has 0 aliphatic carbocycles. The molecule has 1 rings (SSSR count). The Labute approximate surface area is 123 Å². The topological polar surface area (TPSA) is 49.4 Å². The van der Waals surface area contributed by atoms with Crippen molar-refractivity contribution in [1.29, 1.82) is 0 Å². The predicted octanol–water partition coefficient (Wildman–Crippen LogP) is 2.01. The molecule has 0 aliphatic rings. The maximum atomic E-state index is 13.1. The van der Waals surface area contributed by atoms with Gasteiger partial charge in [0, 0.05) is 42.4 Å². The molecule has 2 unspecified atom stereocenters. The van der Waals surface area contributed by atoms with Crippen molar-refractivity contribution in [2.75, 3.05) is 19.8 Å². The van der Waals surface area contributed by atoms with Gasteiger partial charge in [-0.1, -0.05) is 0 Å². The molecule has 4 nitrogen and oxygen atoms in total. The summed E-state index contributed by atoms with van der Waals surface area (Å²) in [7, 11) is 0.372. The van der Waals surface area contributed by atoms with E-state index in [-0.39, 0.29) is 23.9 Å². The van der Waals surface area contributed by atoms with Gasteiger partial charge in [0.1, 0.15) is 0 Å². The van der Waals surface area contributed by atoms with E-state index in [4.69, 9.17) is 0 Å². The van der Waals surface area contributed by atoms with Crippen molar-refractivity contribution >= 4 is 16.8 Å². The van der Waals surface area contributed by atoms with Crippen LogP contribution < -0.4 is 5.32 Å². The lowest BCUT2D eigenvalue weighted by Gasteiger charge is -2.19. The second kappa shape index (κ2) is 7.44. The van der Waals surface area contributed by atoms with Crippen LogP contribution >= 0.6 is 0 Å². The SMILES string of the molecule is CC(CNC(=O)N(C)Cc1cc(F)c(F)c(F)c1)S(C)=O. The molecule has 1 aromatic rings. The molecule has 8 heteroatoms. The predicted molar refractivity (Wildman–Crippen MR) is 74.7 cm³/mol. The maximum Gasteiger partial charge on any atom is 0.317 e. The first-order chi connectivity index (χ1) is 9.72. The van der Waals surface area contributed by atoms with Gasteiger partial charge in [-0.25, -0.2) is 18.0 Å². The van der Waals surface area contributed by atoms with Crippen LogP contribution in [0.3, 0.4) is 0 Å². The van der Waals surface area contributed by atoms with Gasteiger partial charge in [0.2, 0.25) is 0 Å². The van der Waals surface area contributed by atoms with Gasteiger partial charge in [0.25, 0.3) is 0 Å². The third-order valence-electron chi connectivity index (χ3n) is 2.92. The number of nitrogens with zero attached hydrogens (tertiary/aromatic N) is 1. The van der Waals surface area contributed by atoms with E-state index in [0.717, 1.165) is 12.1 Å². The van der Waals surface area contributed by atoms with E-state index >= 15 is 0 Å². The minimum Gasteiger partial charge on any atom is -0.337 e. The van der Waals surface area contributed by atoms with Gasteiger partial charge in [-0.15, -0.1) is 0 Å². The molecule has 0 saturated carbocycles. The zero-order valence-corrected chi connectivity index (χ0v) is 12.8. The van der Waals surface area contributed by atoms with Gasteiger partial charge in [-0.3, -0.25) is 4.21 Å². The summed E-state index contributed by atoms with van der Waals surface area (Å²) in [5, 5.41) is 2.35. The van der Waals surface area contributed by atoms with Crippen LogP contribution in [-0.2, 0) is 17.3 Å². The molecular weight excluding hydrogens is 305 g/mol. The van der Waals surface area contributed by atoms with E-state index in [9.17, 15) is 22.2 Å². The number of carbonyl (C=O) groups is 1. The van der Waals surface area contributed by atoms with E-state index < -0.39 is 34.3 Å². The molecule has 0 aliphatic heterocycles. The highest BCUT2D eigenvalue weighted by molar-refractivity contribution is 7.84. The fraction of sp³-hybridized carbons (Fsp3) is 0.462. The number of amides is 2. The zero-order valence-electron chi connectivity index (χ0n) is 12.0. The largest absolute Gasteiger partial charge is 0.337 e. The average molecular weight is 322 g/mol. The van der Waals surface area contributed by atoms with Gasteiger partial charge < -0.3 is 10.2 Å². The van der Waals surface area contributed by atoms with E-state index in [2.05, 4.69) is 5.32 Å². The minimum atomic E-state index is -1.54. The molecule has 0 radical (unpaired) electrons. The lowest BCUT2D eigenvalue weighted by Crippen LogP contribution is -2.40. The molecule has 0 aromatic heterocycles. The summed E-state index contributed by atoms with van der Waals surface area (Å²) < 4.78 is 50.1. The highest BCUT2D eigenvalue weighted by Crippen LogP contribution is 2.14. The molecule has 118 valence electrons. The van der Waals surface area contributed by atoms with Crippen LogP contribution in [0.4, 0.5) is 18.0 Å². The molecule has 21 heavy (non-hydrogen) atoms. The zero-order chi connectivity index (χ0) is 16.2. The highest BCUT2D eigenvalue weighted by atomic mass is 32.2. The molecular formula is C13H17F3N2O2S. The van der Waals surface area contributed by atoms with Gasteiger partial charge in [-0.05, 0) is 24.6 Å². The van der Waals surface area contributed by atoms with Crippen LogP contribution in [0.25, 0.3) is 0 Å². The number of nitrogens with one attached hydrogen (secondary N) is 1. The molecule has 1 N–H and O–H groups in total. The Morgan fingerprint density at radius 3 is 2.33 bits per heavy atom. The molecule has 2 amide bonds. The first-order valence-corrected chi connectivity index (χ1v) is 7.79. The van der Waals surface area contributed by atoms with Crippen LogP contribution in [0.2, 0.25) is 0 Å². The van der Waals surface area contributed by atoms with Crippen LogP contribution in [0, 0.1) is 17.5 Å². The average Bonchev–Trinajstić information content (AvgIpc) is 2.41. The van der Waals surface area contributed by atoms with Crippen LogP contribution in [0.5, 0.6) is 0 Å². The van der Waals surface area contributed by atoms with Crippen LogP contribution in [0.15, 0.2) is 12.1 Å². The van der Waals surface area contributed by atoms with Crippen LogP contribution in [0.1, 0.15) is 12.5 Å². The molecule has 0 fully saturated rings. The Hall–Kier alpha value is -1.57. The van der Waals surface area contributed by atoms with E-state index in [0.29, 0.717) is 0 Å². The summed E-state index contributed by atoms with van der Waals surface area (Å²) in [6.45, 7) is 1.86. The first kappa shape index (κ1) is 17.5. The smallest absolute Gasteiger partial charge is 0.317 e. The molecule has 0 spiro atoms. The first-order valence-electron chi connectivity index (χ1n) is 6.17. The number of urea groups is 1. The van der Waals surface area contributed by atoms with E-state index in [1.165, 1.54) is 18.2 Å². The monoisotopic (exact) mass is 322 g/mol.